The number of aromatic nitrogens is 3. The lowest BCUT2D eigenvalue weighted by atomic mass is 9.92. The molecule has 1 fully saturated rings. The van der Waals surface area contributed by atoms with Crippen LogP contribution in [0.15, 0.2) is 48.8 Å². The lowest BCUT2D eigenvalue weighted by Gasteiger charge is -2.26. The molecule has 3 heterocycles. The number of amides is 3. The number of anilines is 2. The molecule has 1 aliphatic rings. The van der Waals surface area contributed by atoms with Crippen LogP contribution in [0.25, 0.3) is 0 Å². The van der Waals surface area contributed by atoms with Gasteiger partial charge in [-0.3, -0.25) is 24.0 Å². The van der Waals surface area contributed by atoms with Crippen LogP contribution in [0.5, 0.6) is 0 Å². The Morgan fingerprint density at radius 3 is 2.45 bits per heavy atom. The third-order valence-electron chi connectivity index (χ3n) is 7.43. The van der Waals surface area contributed by atoms with Crippen LogP contribution in [0.3, 0.4) is 0 Å². The van der Waals surface area contributed by atoms with Crippen LogP contribution in [0.1, 0.15) is 71.8 Å². The van der Waals surface area contributed by atoms with Gasteiger partial charge in [-0.25, -0.2) is 4.79 Å². The van der Waals surface area contributed by atoms with E-state index < -0.39 is 29.9 Å². The number of aryl methyl sites for hydroxylation is 1. The number of aliphatic carboxylic acids is 1. The molecule has 44 heavy (non-hydrogen) atoms. The molecule has 234 valence electrons. The van der Waals surface area contributed by atoms with Crippen LogP contribution in [0.2, 0.25) is 0 Å². The molecule has 0 bridgehead atoms. The molecule has 4 rings (SSSR count). The maximum Gasteiger partial charge on any atom is 0.409 e. The number of rotatable bonds is 8. The first-order chi connectivity index (χ1) is 20.9. The number of nitrogens with zero attached hydrogens (tertiary/aromatic N) is 5. The largest absolute Gasteiger partial charge is 0.481 e. The monoisotopic (exact) mass is 605 g/mol. The van der Waals surface area contributed by atoms with E-state index in [1.54, 1.807) is 54.5 Å². The summed E-state index contributed by atoms with van der Waals surface area (Å²) in [6, 6.07) is 9.26. The Morgan fingerprint density at radius 1 is 1.05 bits per heavy atom. The molecule has 0 radical (unpaired) electrons. The zero-order valence-corrected chi connectivity index (χ0v) is 25.7. The van der Waals surface area contributed by atoms with E-state index in [0.717, 1.165) is 5.69 Å². The normalized spacial score (nSPS) is 14.4. The average Bonchev–Trinajstić information content (AvgIpc) is 3.23. The zero-order valence-electron chi connectivity index (χ0n) is 25.7. The molecule has 13 heteroatoms. The SMILES string of the molecule is COC(=O)N1CCCN(c2ccc(C(=O)NC(CC(=O)O)c3cccnc3)cc2NC(=O)c2cc(C(C)(C)C)nn2C)CC1. The van der Waals surface area contributed by atoms with Gasteiger partial charge in [-0.15, -0.1) is 0 Å². The summed E-state index contributed by atoms with van der Waals surface area (Å²) in [6.45, 7) is 8.05. The maximum absolute atomic E-state index is 13.6. The summed E-state index contributed by atoms with van der Waals surface area (Å²) in [5.41, 5.74) is 2.69. The fraction of sp³-hybridized carbons (Fsp3) is 0.419. The van der Waals surface area contributed by atoms with Gasteiger partial charge in [0.05, 0.1) is 36.6 Å². The maximum atomic E-state index is 13.6. The lowest BCUT2D eigenvalue weighted by molar-refractivity contribution is -0.137. The van der Waals surface area contributed by atoms with Gasteiger partial charge >= 0.3 is 12.1 Å². The third kappa shape index (κ3) is 7.71. The summed E-state index contributed by atoms with van der Waals surface area (Å²) in [6.07, 6.45) is 3.02. The zero-order chi connectivity index (χ0) is 32.0. The number of nitrogens with one attached hydrogen (secondary N) is 2. The van der Waals surface area contributed by atoms with E-state index in [-0.39, 0.29) is 17.4 Å². The van der Waals surface area contributed by atoms with E-state index in [0.29, 0.717) is 55.2 Å². The van der Waals surface area contributed by atoms with E-state index in [4.69, 9.17) is 4.74 Å². The summed E-state index contributed by atoms with van der Waals surface area (Å²) < 4.78 is 6.42. The minimum atomic E-state index is -1.07. The van der Waals surface area contributed by atoms with Crippen LogP contribution < -0.4 is 15.5 Å². The molecule has 3 aromatic rings. The Balaban J connectivity index is 1.66. The molecule has 0 spiro atoms. The summed E-state index contributed by atoms with van der Waals surface area (Å²) in [4.78, 5) is 58.5. The van der Waals surface area contributed by atoms with Crippen molar-refractivity contribution in [3.05, 3.63) is 71.3 Å². The fourth-order valence-corrected chi connectivity index (χ4v) is 5.01. The van der Waals surface area contributed by atoms with E-state index in [9.17, 15) is 24.3 Å². The van der Waals surface area contributed by atoms with Crippen molar-refractivity contribution in [3.63, 3.8) is 0 Å². The predicted molar refractivity (Wildman–Crippen MR) is 164 cm³/mol. The minimum absolute atomic E-state index is 0.231. The molecule has 1 aliphatic heterocycles. The molecule has 0 saturated carbocycles. The number of ether oxygens (including phenoxy) is 1. The van der Waals surface area contributed by atoms with Gasteiger partial charge in [-0.2, -0.15) is 5.10 Å². The number of carbonyl (C=O) groups is 4. The van der Waals surface area contributed by atoms with Gasteiger partial charge in [-0.05, 0) is 42.3 Å². The van der Waals surface area contributed by atoms with E-state index in [1.807, 2.05) is 25.7 Å². The number of carbonyl (C=O) groups excluding carboxylic acids is 3. The number of hydrogen-bond acceptors (Lipinski definition) is 8. The highest BCUT2D eigenvalue weighted by atomic mass is 16.5. The van der Waals surface area contributed by atoms with Crippen molar-refractivity contribution in [2.75, 3.05) is 43.5 Å². The van der Waals surface area contributed by atoms with Gasteiger partial charge in [0.1, 0.15) is 5.69 Å². The van der Waals surface area contributed by atoms with Crippen LogP contribution in [0, 0.1) is 0 Å². The van der Waals surface area contributed by atoms with Crippen molar-refractivity contribution in [3.8, 4) is 0 Å². The quantitative estimate of drug-likeness (QED) is 0.349. The van der Waals surface area contributed by atoms with Gasteiger partial charge in [0.25, 0.3) is 11.8 Å². The number of pyridine rings is 1. The molecule has 1 atom stereocenters. The smallest absolute Gasteiger partial charge is 0.409 e. The molecule has 0 aliphatic carbocycles. The first-order valence-corrected chi connectivity index (χ1v) is 14.4. The summed E-state index contributed by atoms with van der Waals surface area (Å²) in [5, 5.41) is 19.7. The van der Waals surface area contributed by atoms with Gasteiger partial charge in [-0.1, -0.05) is 26.8 Å². The topological polar surface area (TPSA) is 159 Å². The van der Waals surface area contributed by atoms with Gasteiger partial charge in [0, 0.05) is 56.6 Å². The highest BCUT2D eigenvalue weighted by Gasteiger charge is 2.26. The van der Waals surface area contributed by atoms with Gasteiger partial charge in [0.15, 0.2) is 0 Å². The van der Waals surface area contributed by atoms with E-state index in [2.05, 4.69) is 20.7 Å². The van der Waals surface area contributed by atoms with Crippen molar-refractivity contribution >= 4 is 35.3 Å². The van der Waals surface area contributed by atoms with Crippen molar-refractivity contribution < 1.29 is 29.0 Å². The molecule has 1 unspecified atom stereocenters. The molecule has 2 aromatic heterocycles. The second-order valence-corrected chi connectivity index (χ2v) is 11.7. The third-order valence-corrected chi connectivity index (χ3v) is 7.43. The molecular weight excluding hydrogens is 566 g/mol. The van der Waals surface area contributed by atoms with Gasteiger partial charge < -0.3 is 30.3 Å². The molecule has 3 N–H and O–H groups in total. The highest BCUT2D eigenvalue weighted by molar-refractivity contribution is 6.06. The van der Waals surface area contributed by atoms with Crippen LogP contribution in [-0.2, 0) is 22.0 Å². The Hall–Kier alpha value is -4.94. The number of carboxylic acids is 1. The number of hydrogen-bond donors (Lipinski definition) is 3. The molecule has 1 aromatic carbocycles. The average molecular weight is 606 g/mol. The number of benzene rings is 1. The minimum Gasteiger partial charge on any atom is -0.481 e. The van der Waals surface area contributed by atoms with Crippen molar-refractivity contribution in [2.45, 2.75) is 45.1 Å². The Kier molecular flexibility index (Phi) is 9.87. The van der Waals surface area contributed by atoms with E-state index in [1.165, 1.54) is 18.0 Å². The first-order valence-electron chi connectivity index (χ1n) is 14.4. The second kappa shape index (κ2) is 13.6. The van der Waals surface area contributed by atoms with Gasteiger partial charge in [0.2, 0.25) is 0 Å². The second-order valence-electron chi connectivity index (χ2n) is 11.7. The van der Waals surface area contributed by atoms with Crippen molar-refractivity contribution in [2.24, 2.45) is 7.05 Å². The highest BCUT2D eigenvalue weighted by Crippen LogP contribution is 2.30. The van der Waals surface area contributed by atoms with Crippen LogP contribution >= 0.6 is 0 Å². The summed E-state index contributed by atoms with van der Waals surface area (Å²) in [5.74, 6) is -1.99. The van der Waals surface area contributed by atoms with Crippen molar-refractivity contribution in [1.82, 2.24) is 25.0 Å². The summed E-state index contributed by atoms with van der Waals surface area (Å²) >= 11 is 0. The predicted octanol–water partition coefficient (Wildman–Crippen LogP) is 3.59. The molecule has 1 saturated heterocycles. The van der Waals surface area contributed by atoms with Crippen LogP contribution in [0.4, 0.5) is 16.2 Å². The first kappa shape index (κ1) is 32.0. The summed E-state index contributed by atoms with van der Waals surface area (Å²) in [7, 11) is 3.05. The number of carboxylic acid groups (broad SMARTS) is 1. The van der Waals surface area contributed by atoms with Crippen molar-refractivity contribution in [1.29, 1.82) is 0 Å². The molecule has 3 amide bonds. The fourth-order valence-electron chi connectivity index (χ4n) is 5.01. The molecule has 13 nitrogen and oxygen atoms in total. The Labute approximate surface area is 256 Å². The van der Waals surface area contributed by atoms with Crippen LogP contribution in [-0.4, -0.2) is 81.9 Å². The standard InChI is InChI=1S/C31H39N7O6/c1-31(2,3)26-18-25(36(4)35-26)29(42)34-23-16-20(28(41)33-22(17-27(39)40)21-8-6-11-32-19-21)9-10-24(23)37-12-7-13-38(15-14-37)30(43)44-5/h6,8-11,16,18-19,22H,7,12-15,17H2,1-5H3,(H,33,41)(H,34,42)(H,39,40). The Morgan fingerprint density at radius 2 is 1.82 bits per heavy atom. The number of methoxy groups -OCH3 is 1. The molecular formula is C31H39N7O6. The lowest BCUT2D eigenvalue weighted by Crippen LogP contribution is -2.35. The Bertz CT molecular complexity index is 1520. The van der Waals surface area contributed by atoms with E-state index >= 15 is 0 Å².